The van der Waals surface area contributed by atoms with Crippen molar-refractivity contribution in [3.8, 4) is 0 Å². The van der Waals surface area contributed by atoms with E-state index in [1.807, 2.05) is 27.7 Å². The van der Waals surface area contributed by atoms with Crippen LogP contribution in [0.5, 0.6) is 0 Å². The minimum absolute atomic E-state index is 0.0883. The molecule has 1 fully saturated rings. The van der Waals surface area contributed by atoms with E-state index in [9.17, 15) is 13.6 Å². The van der Waals surface area contributed by atoms with Gasteiger partial charge in [0.25, 0.3) is 0 Å². The molecule has 3 heteroatoms. The van der Waals surface area contributed by atoms with Crippen molar-refractivity contribution in [3.05, 3.63) is 35.4 Å². The van der Waals surface area contributed by atoms with Gasteiger partial charge in [-0.25, -0.2) is 8.78 Å². The second-order valence-corrected chi connectivity index (χ2v) is 5.87. The molecule has 1 saturated carbocycles. The van der Waals surface area contributed by atoms with E-state index in [0.717, 1.165) is 12.1 Å². The lowest BCUT2D eigenvalue weighted by atomic mass is 10.0. The molecule has 0 heterocycles. The molecule has 92 valence electrons. The van der Waals surface area contributed by atoms with Crippen molar-refractivity contribution in [3.63, 3.8) is 0 Å². The van der Waals surface area contributed by atoms with Crippen LogP contribution in [0.25, 0.3) is 0 Å². The van der Waals surface area contributed by atoms with Crippen molar-refractivity contribution in [1.29, 1.82) is 0 Å². The van der Waals surface area contributed by atoms with Gasteiger partial charge in [-0.1, -0.05) is 27.7 Å². The highest BCUT2D eigenvalue weighted by Gasteiger charge is 2.67. The Morgan fingerprint density at radius 3 is 2.00 bits per heavy atom. The van der Waals surface area contributed by atoms with E-state index in [1.54, 1.807) is 0 Å². The van der Waals surface area contributed by atoms with Crippen LogP contribution in [0.3, 0.4) is 0 Å². The van der Waals surface area contributed by atoms with Gasteiger partial charge in [0.2, 0.25) is 0 Å². The maximum Gasteiger partial charge on any atom is 0.167 e. The Bertz CT molecular complexity index is 475. The molecular formula is C14H16F2O. The third-order valence-electron chi connectivity index (χ3n) is 4.49. The minimum Gasteiger partial charge on any atom is -0.294 e. The quantitative estimate of drug-likeness (QED) is 0.716. The van der Waals surface area contributed by atoms with Crippen LogP contribution in [0.1, 0.15) is 38.1 Å². The van der Waals surface area contributed by atoms with E-state index in [4.69, 9.17) is 0 Å². The zero-order chi connectivity index (χ0) is 13.0. The lowest BCUT2D eigenvalue weighted by Gasteiger charge is -2.03. The maximum absolute atomic E-state index is 13.1. The molecule has 0 radical (unpaired) electrons. The summed E-state index contributed by atoms with van der Waals surface area (Å²) in [4.78, 5) is 12.2. The molecule has 1 aliphatic carbocycles. The molecule has 1 aliphatic rings. The molecule has 0 bridgehead atoms. The summed E-state index contributed by atoms with van der Waals surface area (Å²) in [7, 11) is 0. The fraction of sp³-hybridized carbons (Fsp3) is 0.500. The Balaban J connectivity index is 2.31. The van der Waals surface area contributed by atoms with Gasteiger partial charge in [0.15, 0.2) is 17.4 Å². The first kappa shape index (κ1) is 12.2. The number of rotatable bonds is 2. The van der Waals surface area contributed by atoms with E-state index in [1.165, 1.54) is 6.07 Å². The maximum atomic E-state index is 13.1. The number of Topliss-reactive ketones (excluding diaryl/α,β-unsaturated/α-hetero) is 1. The molecular weight excluding hydrogens is 222 g/mol. The molecule has 0 amide bonds. The summed E-state index contributed by atoms with van der Waals surface area (Å²) < 4.78 is 25.9. The summed E-state index contributed by atoms with van der Waals surface area (Å²) >= 11 is 0. The van der Waals surface area contributed by atoms with Gasteiger partial charge in [-0.15, -0.1) is 0 Å². The SMILES string of the molecule is CC1(C)C(C(=O)c2ccc(F)c(F)c2)C1(C)C. The van der Waals surface area contributed by atoms with Crippen LogP contribution in [0.2, 0.25) is 0 Å². The van der Waals surface area contributed by atoms with Crippen LogP contribution in [0.4, 0.5) is 8.78 Å². The van der Waals surface area contributed by atoms with Gasteiger partial charge in [-0.2, -0.15) is 0 Å². The third-order valence-corrected chi connectivity index (χ3v) is 4.49. The van der Waals surface area contributed by atoms with Gasteiger partial charge in [0, 0.05) is 11.5 Å². The van der Waals surface area contributed by atoms with Crippen LogP contribution >= 0.6 is 0 Å². The molecule has 0 unspecified atom stereocenters. The topological polar surface area (TPSA) is 17.1 Å². The second-order valence-electron chi connectivity index (χ2n) is 5.87. The summed E-state index contributed by atoms with van der Waals surface area (Å²) in [5.74, 6) is -2.11. The van der Waals surface area contributed by atoms with Crippen molar-refractivity contribution >= 4 is 5.78 Å². The van der Waals surface area contributed by atoms with Crippen molar-refractivity contribution in [2.75, 3.05) is 0 Å². The number of halogens is 2. The van der Waals surface area contributed by atoms with Crippen molar-refractivity contribution in [2.45, 2.75) is 27.7 Å². The highest BCUT2D eigenvalue weighted by atomic mass is 19.2. The van der Waals surface area contributed by atoms with Gasteiger partial charge in [-0.3, -0.25) is 4.79 Å². The molecule has 0 spiro atoms. The Labute approximate surface area is 99.8 Å². The summed E-state index contributed by atoms with van der Waals surface area (Å²) in [5.41, 5.74) is 0.0803. The lowest BCUT2D eigenvalue weighted by molar-refractivity contribution is 0.0944. The minimum atomic E-state index is -0.966. The highest BCUT2D eigenvalue weighted by Crippen LogP contribution is 2.69. The zero-order valence-corrected chi connectivity index (χ0v) is 10.5. The van der Waals surface area contributed by atoms with Crippen molar-refractivity contribution in [1.82, 2.24) is 0 Å². The van der Waals surface area contributed by atoms with Crippen molar-refractivity contribution < 1.29 is 13.6 Å². The van der Waals surface area contributed by atoms with Gasteiger partial charge in [0.05, 0.1) is 0 Å². The van der Waals surface area contributed by atoms with E-state index in [-0.39, 0.29) is 28.1 Å². The monoisotopic (exact) mass is 238 g/mol. The van der Waals surface area contributed by atoms with Gasteiger partial charge in [0.1, 0.15) is 0 Å². The normalized spacial score (nSPS) is 21.3. The molecule has 17 heavy (non-hydrogen) atoms. The number of carbonyl (C=O) groups is 1. The first-order valence-electron chi connectivity index (χ1n) is 5.69. The summed E-state index contributed by atoms with van der Waals surface area (Å²) in [6.45, 7) is 8.09. The lowest BCUT2D eigenvalue weighted by Crippen LogP contribution is -2.08. The number of hydrogen-bond donors (Lipinski definition) is 0. The van der Waals surface area contributed by atoms with E-state index in [2.05, 4.69) is 0 Å². The Morgan fingerprint density at radius 2 is 1.59 bits per heavy atom. The molecule has 0 saturated heterocycles. The van der Waals surface area contributed by atoms with E-state index < -0.39 is 11.6 Å². The smallest absolute Gasteiger partial charge is 0.167 e. The predicted octanol–water partition coefficient (Wildman–Crippen LogP) is 3.83. The van der Waals surface area contributed by atoms with Crippen LogP contribution in [-0.2, 0) is 0 Å². The summed E-state index contributed by atoms with van der Waals surface area (Å²) in [5, 5.41) is 0. The van der Waals surface area contributed by atoms with Gasteiger partial charge >= 0.3 is 0 Å². The van der Waals surface area contributed by atoms with Crippen LogP contribution in [-0.4, -0.2) is 5.78 Å². The highest BCUT2D eigenvalue weighted by molar-refractivity contribution is 6.01. The molecule has 0 atom stereocenters. The number of benzene rings is 1. The average molecular weight is 238 g/mol. The molecule has 0 N–H and O–H groups in total. The molecule has 0 aliphatic heterocycles. The molecule has 1 aromatic rings. The van der Waals surface area contributed by atoms with Gasteiger partial charge in [-0.05, 0) is 29.0 Å². The van der Waals surface area contributed by atoms with Crippen LogP contribution < -0.4 is 0 Å². The fourth-order valence-electron chi connectivity index (χ4n) is 2.67. The average Bonchev–Trinajstić information content (AvgIpc) is 2.61. The number of hydrogen-bond acceptors (Lipinski definition) is 1. The Kier molecular flexibility index (Phi) is 2.42. The number of ketones is 1. The van der Waals surface area contributed by atoms with Crippen molar-refractivity contribution in [2.24, 2.45) is 16.7 Å². The molecule has 1 nitrogen and oxygen atoms in total. The van der Waals surface area contributed by atoms with E-state index >= 15 is 0 Å². The second kappa shape index (κ2) is 3.37. The summed E-state index contributed by atoms with van der Waals surface area (Å²) in [6, 6.07) is 3.35. The summed E-state index contributed by atoms with van der Waals surface area (Å²) in [6.07, 6.45) is 0. The van der Waals surface area contributed by atoms with Crippen LogP contribution in [0.15, 0.2) is 18.2 Å². The predicted molar refractivity (Wildman–Crippen MR) is 61.7 cm³/mol. The van der Waals surface area contributed by atoms with Crippen LogP contribution in [0, 0.1) is 28.4 Å². The Hall–Kier alpha value is -1.25. The fourth-order valence-corrected chi connectivity index (χ4v) is 2.67. The zero-order valence-electron chi connectivity index (χ0n) is 10.5. The van der Waals surface area contributed by atoms with E-state index in [0.29, 0.717) is 0 Å². The Morgan fingerprint density at radius 1 is 1.06 bits per heavy atom. The number of carbonyl (C=O) groups excluding carboxylic acids is 1. The van der Waals surface area contributed by atoms with Gasteiger partial charge < -0.3 is 0 Å². The standard InChI is InChI=1S/C14H16F2O/c1-13(2)12(14(13,3)4)11(17)8-5-6-9(15)10(16)7-8/h5-7,12H,1-4H3. The molecule has 1 aromatic carbocycles. The molecule has 0 aromatic heterocycles. The first-order chi connectivity index (χ1) is 7.69. The largest absolute Gasteiger partial charge is 0.294 e. The third kappa shape index (κ3) is 1.60. The first-order valence-corrected chi connectivity index (χ1v) is 5.69. The molecule has 2 rings (SSSR count).